The number of hydroxylamine groups is 2. The highest BCUT2D eigenvalue weighted by atomic mass is 32.2. The minimum atomic E-state index is -3.26. The quantitative estimate of drug-likeness (QED) is 0.768. The number of hydrogen-bond donors (Lipinski definition) is 1. The van der Waals surface area contributed by atoms with Crippen molar-refractivity contribution in [1.29, 1.82) is 0 Å². The maximum atomic E-state index is 11.7. The minimum absolute atomic E-state index is 0.213. The van der Waals surface area contributed by atoms with Crippen molar-refractivity contribution in [2.24, 2.45) is 5.73 Å². The van der Waals surface area contributed by atoms with E-state index < -0.39 is 15.9 Å². The van der Waals surface area contributed by atoms with Crippen LogP contribution in [0.15, 0.2) is 29.2 Å². The number of hydrogen-bond acceptors (Lipinski definition) is 5. The van der Waals surface area contributed by atoms with Gasteiger partial charge in [-0.3, -0.25) is 9.63 Å². The number of amides is 1. The fourth-order valence-electron chi connectivity index (χ4n) is 1.57. The molecule has 1 aromatic carbocycles. The predicted octanol–water partition coefficient (Wildman–Crippen LogP) is -0.0203. The van der Waals surface area contributed by atoms with Crippen LogP contribution in [0.25, 0.3) is 0 Å². The van der Waals surface area contributed by atoms with E-state index in [-0.39, 0.29) is 17.2 Å². The Kier molecular flexibility index (Phi) is 5.04. The summed E-state index contributed by atoms with van der Waals surface area (Å²) >= 11 is 0. The largest absolute Gasteiger partial charge is 0.320 e. The zero-order valence-corrected chi connectivity index (χ0v) is 12.0. The maximum Gasteiger partial charge on any atom is 0.263 e. The number of rotatable bonds is 5. The normalized spacial score (nSPS) is 13.1. The molecule has 0 saturated carbocycles. The first-order valence-corrected chi connectivity index (χ1v) is 7.51. The van der Waals surface area contributed by atoms with Gasteiger partial charge in [0.2, 0.25) is 0 Å². The Morgan fingerprint density at radius 2 is 2.11 bits per heavy atom. The Morgan fingerprint density at radius 1 is 1.47 bits per heavy atom. The van der Waals surface area contributed by atoms with Gasteiger partial charge in [-0.25, -0.2) is 13.5 Å². The molecule has 0 radical (unpaired) electrons. The molecule has 19 heavy (non-hydrogen) atoms. The smallest absolute Gasteiger partial charge is 0.263 e. The van der Waals surface area contributed by atoms with E-state index in [1.54, 1.807) is 12.1 Å². The third-order valence-corrected chi connectivity index (χ3v) is 3.79. The van der Waals surface area contributed by atoms with E-state index in [9.17, 15) is 13.2 Å². The summed E-state index contributed by atoms with van der Waals surface area (Å²) in [5.41, 5.74) is 6.45. The average molecular weight is 286 g/mol. The molecular weight excluding hydrogens is 268 g/mol. The molecule has 0 aliphatic rings. The van der Waals surface area contributed by atoms with E-state index in [1.807, 2.05) is 0 Å². The van der Waals surface area contributed by atoms with Gasteiger partial charge >= 0.3 is 0 Å². The molecule has 2 N–H and O–H groups in total. The summed E-state index contributed by atoms with van der Waals surface area (Å²) in [6, 6.07) is 5.61. The molecule has 7 heteroatoms. The molecule has 0 saturated heterocycles. The van der Waals surface area contributed by atoms with Gasteiger partial charge in [-0.1, -0.05) is 12.1 Å². The number of likely N-dealkylation sites (N-methyl/N-ethyl adjacent to an activating group) is 1. The van der Waals surface area contributed by atoms with Crippen LogP contribution in [0.3, 0.4) is 0 Å². The van der Waals surface area contributed by atoms with Crippen LogP contribution in [0.2, 0.25) is 0 Å². The average Bonchev–Trinajstić information content (AvgIpc) is 2.36. The molecule has 1 aromatic rings. The summed E-state index contributed by atoms with van der Waals surface area (Å²) in [4.78, 5) is 16.7. The third-order valence-electron chi connectivity index (χ3n) is 2.68. The molecule has 1 atom stereocenters. The molecule has 106 valence electrons. The molecule has 0 heterocycles. The molecule has 0 spiro atoms. The highest BCUT2D eigenvalue weighted by Gasteiger charge is 2.19. The number of nitrogens with two attached hydrogens (primary N) is 1. The highest BCUT2D eigenvalue weighted by Crippen LogP contribution is 2.13. The van der Waals surface area contributed by atoms with Crippen molar-refractivity contribution in [1.82, 2.24) is 5.06 Å². The van der Waals surface area contributed by atoms with Crippen molar-refractivity contribution in [3.63, 3.8) is 0 Å². The molecule has 0 bridgehead atoms. The summed E-state index contributed by atoms with van der Waals surface area (Å²) in [5.74, 6) is -0.368. The summed E-state index contributed by atoms with van der Waals surface area (Å²) in [5, 5.41) is 1.05. The Labute approximate surface area is 113 Å². The van der Waals surface area contributed by atoms with E-state index in [4.69, 9.17) is 10.6 Å². The molecule has 0 aliphatic carbocycles. The first kappa shape index (κ1) is 15.6. The number of carbonyl (C=O) groups is 1. The van der Waals surface area contributed by atoms with Crippen molar-refractivity contribution >= 4 is 15.7 Å². The highest BCUT2D eigenvalue weighted by molar-refractivity contribution is 7.90. The van der Waals surface area contributed by atoms with Crippen LogP contribution in [0.1, 0.15) is 5.56 Å². The van der Waals surface area contributed by atoms with Crippen LogP contribution in [-0.4, -0.2) is 45.8 Å². The minimum Gasteiger partial charge on any atom is -0.320 e. The Bertz CT molecular complexity index is 557. The van der Waals surface area contributed by atoms with Crippen LogP contribution >= 0.6 is 0 Å². The van der Waals surface area contributed by atoms with Crippen LogP contribution < -0.4 is 5.73 Å². The van der Waals surface area contributed by atoms with E-state index in [0.29, 0.717) is 5.56 Å². The van der Waals surface area contributed by atoms with Gasteiger partial charge in [-0.2, -0.15) is 0 Å². The number of nitrogens with zero attached hydrogens (tertiary/aromatic N) is 1. The zero-order chi connectivity index (χ0) is 14.6. The molecular formula is C12H18N2O4S. The van der Waals surface area contributed by atoms with Crippen molar-refractivity contribution < 1.29 is 18.0 Å². The molecule has 0 aromatic heterocycles. The number of carbonyl (C=O) groups excluding carboxylic acids is 1. The molecule has 1 amide bonds. The molecule has 6 nitrogen and oxygen atoms in total. The van der Waals surface area contributed by atoms with Gasteiger partial charge in [0, 0.05) is 13.3 Å². The number of sulfone groups is 1. The van der Waals surface area contributed by atoms with Gasteiger partial charge in [0.1, 0.15) is 0 Å². The second-order valence-corrected chi connectivity index (χ2v) is 6.26. The van der Waals surface area contributed by atoms with E-state index in [2.05, 4.69) is 0 Å². The van der Waals surface area contributed by atoms with Crippen LogP contribution in [0.5, 0.6) is 0 Å². The lowest BCUT2D eigenvalue weighted by Crippen LogP contribution is -2.42. The lowest BCUT2D eigenvalue weighted by molar-refractivity contribution is -0.170. The van der Waals surface area contributed by atoms with Gasteiger partial charge in [0.05, 0.1) is 18.0 Å². The Balaban J connectivity index is 2.86. The second kappa shape index (κ2) is 6.14. The summed E-state index contributed by atoms with van der Waals surface area (Å²) in [6.07, 6.45) is 1.38. The SMILES string of the molecule is CON(C)C(=O)C(N)Cc1cccc(S(C)(=O)=O)c1. The lowest BCUT2D eigenvalue weighted by Gasteiger charge is -2.18. The second-order valence-electron chi connectivity index (χ2n) is 4.25. The van der Waals surface area contributed by atoms with E-state index >= 15 is 0 Å². The van der Waals surface area contributed by atoms with Crippen LogP contribution in [0.4, 0.5) is 0 Å². The first-order chi connectivity index (χ1) is 8.75. The summed E-state index contributed by atoms with van der Waals surface area (Å²) < 4.78 is 22.9. The lowest BCUT2D eigenvalue weighted by atomic mass is 10.1. The topological polar surface area (TPSA) is 89.7 Å². The molecule has 1 unspecified atom stereocenters. The fourth-order valence-corrected chi connectivity index (χ4v) is 2.26. The van der Waals surface area contributed by atoms with Gasteiger partial charge in [-0.05, 0) is 24.1 Å². The van der Waals surface area contributed by atoms with Crippen molar-refractivity contribution in [3.8, 4) is 0 Å². The number of benzene rings is 1. The van der Waals surface area contributed by atoms with Gasteiger partial charge in [0.15, 0.2) is 9.84 Å². The van der Waals surface area contributed by atoms with E-state index in [1.165, 1.54) is 26.3 Å². The summed E-state index contributed by atoms with van der Waals surface area (Å²) in [7, 11) is -0.426. The molecule has 0 aliphatic heterocycles. The van der Waals surface area contributed by atoms with Crippen molar-refractivity contribution in [2.75, 3.05) is 20.4 Å². The predicted molar refractivity (Wildman–Crippen MR) is 71.0 cm³/mol. The van der Waals surface area contributed by atoms with Gasteiger partial charge in [-0.15, -0.1) is 0 Å². The third kappa shape index (κ3) is 4.30. The Hall–Kier alpha value is -1.44. The van der Waals surface area contributed by atoms with Crippen LogP contribution in [0, 0.1) is 0 Å². The van der Waals surface area contributed by atoms with Gasteiger partial charge in [0.25, 0.3) is 5.91 Å². The standard InChI is InChI=1S/C12H18N2O4S/c1-14(18-2)12(15)11(13)8-9-5-4-6-10(7-9)19(3,16)17/h4-7,11H,8,13H2,1-3H3. The van der Waals surface area contributed by atoms with Crippen LogP contribution in [-0.2, 0) is 25.9 Å². The van der Waals surface area contributed by atoms with Gasteiger partial charge < -0.3 is 5.73 Å². The Morgan fingerprint density at radius 3 is 2.63 bits per heavy atom. The monoisotopic (exact) mass is 286 g/mol. The molecule has 1 rings (SSSR count). The zero-order valence-electron chi connectivity index (χ0n) is 11.2. The fraction of sp³-hybridized carbons (Fsp3) is 0.417. The van der Waals surface area contributed by atoms with Crippen molar-refractivity contribution in [3.05, 3.63) is 29.8 Å². The van der Waals surface area contributed by atoms with E-state index in [0.717, 1.165) is 11.3 Å². The first-order valence-electron chi connectivity index (χ1n) is 5.62. The summed E-state index contributed by atoms with van der Waals surface area (Å²) in [6.45, 7) is 0. The van der Waals surface area contributed by atoms with Crippen molar-refractivity contribution in [2.45, 2.75) is 17.4 Å². The molecule has 0 fully saturated rings. The maximum absolute atomic E-state index is 11.7.